The number of anilines is 3. The first kappa shape index (κ1) is 40.5. The third kappa shape index (κ3) is 6.93. The Labute approximate surface area is 395 Å². The Morgan fingerprint density at radius 3 is 0.910 bits per heavy atom. The van der Waals surface area contributed by atoms with Gasteiger partial charge >= 0.3 is 0 Å². The summed E-state index contributed by atoms with van der Waals surface area (Å²) in [6.07, 6.45) is 0. The van der Waals surface area contributed by atoms with E-state index in [-0.39, 0.29) is 10.8 Å². The molecular weight excluding hydrogens is 807 g/mol. The van der Waals surface area contributed by atoms with E-state index in [9.17, 15) is 0 Å². The largest absolute Gasteiger partial charge is 0.310 e. The van der Waals surface area contributed by atoms with Gasteiger partial charge in [0, 0.05) is 27.9 Å². The highest BCUT2D eigenvalue weighted by molar-refractivity contribution is 5.90. The van der Waals surface area contributed by atoms with Crippen molar-refractivity contribution in [2.24, 2.45) is 0 Å². The van der Waals surface area contributed by atoms with Gasteiger partial charge < -0.3 is 4.90 Å². The predicted molar refractivity (Wildman–Crippen MR) is 283 cm³/mol. The number of nitrogens with zero attached hydrogens (tertiary/aromatic N) is 1. The van der Waals surface area contributed by atoms with Crippen LogP contribution in [-0.4, -0.2) is 0 Å². The molecule has 1 nitrogen and oxygen atoms in total. The van der Waals surface area contributed by atoms with Crippen LogP contribution in [0.2, 0.25) is 0 Å². The standard InChI is InChI=1S/C66H51N/c1-65(2)61-40-52(46-19-12-7-13-20-46)29-35-57(61)59-37-33-55(42-63(59)65)67(54-31-27-49(28-32-54)51-22-14-21-50(39-51)45-17-10-6-11-18-45)56-34-38-60-58-36-30-53(41-62(58)66(3,4)64(60)43-56)48-25-23-47(24-26-48)44-15-8-5-9-16-44/h5-43H,1-4H3. The van der Waals surface area contributed by atoms with Gasteiger partial charge in [0.1, 0.15) is 0 Å². The van der Waals surface area contributed by atoms with Crippen molar-refractivity contribution in [2.75, 3.05) is 4.90 Å². The molecule has 2 aliphatic rings. The molecule has 67 heavy (non-hydrogen) atoms. The van der Waals surface area contributed by atoms with Gasteiger partial charge in [-0.25, -0.2) is 0 Å². The molecule has 0 spiro atoms. The third-order valence-electron chi connectivity index (χ3n) is 14.7. The van der Waals surface area contributed by atoms with Gasteiger partial charge in [-0.1, -0.05) is 210 Å². The summed E-state index contributed by atoms with van der Waals surface area (Å²) in [4.78, 5) is 2.47. The maximum Gasteiger partial charge on any atom is 0.0465 e. The summed E-state index contributed by atoms with van der Waals surface area (Å²) in [5.74, 6) is 0. The molecular formula is C66H51N. The average Bonchev–Trinajstić information content (AvgIpc) is 3.75. The lowest BCUT2D eigenvalue weighted by molar-refractivity contribution is 0.660. The normalized spacial score (nSPS) is 13.6. The summed E-state index contributed by atoms with van der Waals surface area (Å²) in [7, 11) is 0. The molecule has 0 aliphatic heterocycles. The Balaban J connectivity index is 0.937. The lowest BCUT2D eigenvalue weighted by atomic mass is 9.81. The van der Waals surface area contributed by atoms with Crippen molar-refractivity contribution < 1.29 is 0 Å². The van der Waals surface area contributed by atoms with Crippen LogP contribution in [0.25, 0.3) is 77.9 Å². The van der Waals surface area contributed by atoms with E-state index in [0.29, 0.717) is 0 Å². The van der Waals surface area contributed by atoms with Crippen molar-refractivity contribution in [3.8, 4) is 77.9 Å². The van der Waals surface area contributed by atoms with Crippen molar-refractivity contribution in [3.63, 3.8) is 0 Å². The van der Waals surface area contributed by atoms with Gasteiger partial charge in [0.15, 0.2) is 0 Å². The lowest BCUT2D eigenvalue weighted by Gasteiger charge is -2.30. The second-order valence-electron chi connectivity index (χ2n) is 19.4. The molecule has 0 bridgehead atoms. The van der Waals surface area contributed by atoms with Gasteiger partial charge in [-0.3, -0.25) is 0 Å². The minimum Gasteiger partial charge on any atom is -0.310 e. The maximum absolute atomic E-state index is 2.47. The Morgan fingerprint density at radius 2 is 0.493 bits per heavy atom. The van der Waals surface area contributed by atoms with E-state index in [4.69, 9.17) is 0 Å². The van der Waals surface area contributed by atoms with Crippen LogP contribution in [0.1, 0.15) is 49.9 Å². The molecule has 0 N–H and O–H groups in total. The fourth-order valence-corrected chi connectivity index (χ4v) is 11.0. The molecule has 10 aromatic rings. The zero-order valence-corrected chi connectivity index (χ0v) is 38.5. The number of benzene rings is 10. The van der Waals surface area contributed by atoms with E-state index in [1.54, 1.807) is 0 Å². The SMILES string of the molecule is CC1(C)c2cc(-c3ccccc3)ccc2-c2ccc(N(c3ccc(-c4cccc(-c5ccccc5)c4)cc3)c3ccc4c(c3)C(C)(C)c3cc(-c5ccc(-c6ccccc6)cc5)ccc3-4)cc21. The van der Waals surface area contributed by atoms with E-state index < -0.39 is 0 Å². The van der Waals surface area contributed by atoms with Crippen LogP contribution in [0.3, 0.4) is 0 Å². The third-order valence-corrected chi connectivity index (χ3v) is 14.7. The van der Waals surface area contributed by atoms with Gasteiger partial charge in [-0.05, 0) is 155 Å². The summed E-state index contributed by atoms with van der Waals surface area (Å²) < 4.78 is 0. The molecule has 10 aromatic carbocycles. The highest BCUT2D eigenvalue weighted by Gasteiger charge is 2.38. The Morgan fingerprint density at radius 1 is 0.224 bits per heavy atom. The summed E-state index contributed by atoms with van der Waals surface area (Å²) in [5, 5.41) is 0. The average molecular weight is 858 g/mol. The molecule has 0 unspecified atom stereocenters. The number of hydrogen-bond acceptors (Lipinski definition) is 1. The van der Waals surface area contributed by atoms with Crippen LogP contribution in [-0.2, 0) is 10.8 Å². The molecule has 0 radical (unpaired) electrons. The van der Waals surface area contributed by atoms with Crippen molar-refractivity contribution in [1.82, 2.24) is 0 Å². The first-order valence-corrected chi connectivity index (χ1v) is 23.6. The zero-order chi connectivity index (χ0) is 45.3. The molecule has 0 heterocycles. The van der Waals surface area contributed by atoms with Crippen LogP contribution in [0.5, 0.6) is 0 Å². The summed E-state index contributed by atoms with van der Waals surface area (Å²) >= 11 is 0. The topological polar surface area (TPSA) is 3.24 Å². The highest BCUT2D eigenvalue weighted by Crippen LogP contribution is 2.54. The maximum atomic E-state index is 2.47. The number of rotatable bonds is 8. The van der Waals surface area contributed by atoms with Crippen LogP contribution in [0, 0.1) is 0 Å². The van der Waals surface area contributed by atoms with Crippen molar-refractivity contribution in [2.45, 2.75) is 38.5 Å². The van der Waals surface area contributed by atoms with E-state index >= 15 is 0 Å². The van der Waals surface area contributed by atoms with Gasteiger partial charge in [0.05, 0.1) is 0 Å². The molecule has 320 valence electrons. The second-order valence-corrected chi connectivity index (χ2v) is 19.4. The summed E-state index contributed by atoms with van der Waals surface area (Å²) in [6.45, 7) is 9.57. The smallest absolute Gasteiger partial charge is 0.0465 e. The Bertz CT molecular complexity index is 3470. The van der Waals surface area contributed by atoms with E-state index in [1.165, 1.54) is 100 Å². The minimum absolute atomic E-state index is 0.189. The monoisotopic (exact) mass is 857 g/mol. The second kappa shape index (κ2) is 15.9. The van der Waals surface area contributed by atoms with Gasteiger partial charge in [0.25, 0.3) is 0 Å². The molecule has 0 saturated heterocycles. The molecule has 0 fully saturated rings. The van der Waals surface area contributed by atoms with Gasteiger partial charge in [0.2, 0.25) is 0 Å². The molecule has 12 rings (SSSR count). The Hall–Kier alpha value is -8.00. The molecule has 0 aromatic heterocycles. The van der Waals surface area contributed by atoms with Gasteiger partial charge in [-0.15, -0.1) is 0 Å². The van der Waals surface area contributed by atoms with Crippen molar-refractivity contribution in [1.29, 1.82) is 0 Å². The zero-order valence-electron chi connectivity index (χ0n) is 38.5. The predicted octanol–water partition coefficient (Wildman–Crippen LogP) is 18.1. The van der Waals surface area contributed by atoms with E-state index in [0.717, 1.165) is 17.1 Å². The molecule has 0 atom stereocenters. The van der Waals surface area contributed by atoms with Crippen molar-refractivity contribution >= 4 is 17.1 Å². The fourth-order valence-electron chi connectivity index (χ4n) is 11.0. The summed E-state index contributed by atoms with van der Waals surface area (Å²) in [5.41, 5.74) is 26.0. The van der Waals surface area contributed by atoms with E-state index in [1.807, 2.05) is 0 Å². The van der Waals surface area contributed by atoms with E-state index in [2.05, 4.69) is 269 Å². The highest BCUT2D eigenvalue weighted by atomic mass is 15.1. The lowest BCUT2D eigenvalue weighted by Crippen LogP contribution is -2.18. The Kier molecular flexibility index (Phi) is 9.59. The quantitative estimate of drug-likeness (QED) is 0.147. The molecule has 0 saturated carbocycles. The molecule has 1 heteroatoms. The number of hydrogen-bond donors (Lipinski definition) is 0. The summed E-state index contributed by atoms with van der Waals surface area (Å²) in [6, 6.07) is 87.5. The van der Waals surface area contributed by atoms with Crippen molar-refractivity contribution in [3.05, 3.63) is 259 Å². The molecule has 2 aliphatic carbocycles. The first-order chi connectivity index (χ1) is 32.7. The fraction of sp³-hybridized carbons (Fsp3) is 0.0909. The minimum atomic E-state index is -0.210. The number of fused-ring (bicyclic) bond motifs is 6. The first-order valence-electron chi connectivity index (χ1n) is 23.6. The molecule has 0 amide bonds. The van der Waals surface area contributed by atoms with Crippen LogP contribution >= 0.6 is 0 Å². The van der Waals surface area contributed by atoms with Crippen LogP contribution < -0.4 is 4.90 Å². The van der Waals surface area contributed by atoms with Crippen LogP contribution in [0.15, 0.2) is 237 Å². The van der Waals surface area contributed by atoms with Crippen LogP contribution in [0.4, 0.5) is 17.1 Å². The van der Waals surface area contributed by atoms with Gasteiger partial charge in [-0.2, -0.15) is 0 Å².